The number of amides is 1. The van der Waals surface area contributed by atoms with Gasteiger partial charge in [-0.05, 0) is 36.4 Å². The molecule has 1 aromatic heterocycles. The van der Waals surface area contributed by atoms with Crippen LogP contribution >= 0.6 is 11.3 Å². The number of aliphatic hydroxyl groups excluding tert-OH is 1. The molecule has 4 fully saturated rings. The third-order valence-corrected chi connectivity index (χ3v) is 6.64. The smallest absolute Gasteiger partial charge is 0.262 e. The molecule has 8 heteroatoms. The van der Waals surface area contributed by atoms with E-state index in [1.54, 1.807) is 12.1 Å². The van der Waals surface area contributed by atoms with Crippen LogP contribution < -0.4 is 10.1 Å². The maximum atomic E-state index is 13.0. The van der Waals surface area contributed by atoms with Gasteiger partial charge >= 0.3 is 0 Å². The molecule has 1 saturated carbocycles. The number of ether oxygens (including phenoxy) is 3. The average Bonchev–Trinajstić information content (AvgIpc) is 3.24. The zero-order valence-corrected chi connectivity index (χ0v) is 15.2. The second kappa shape index (κ2) is 5.75. The first-order valence-corrected chi connectivity index (χ1v) is 9.53. The normalized spacial score (nSPS) is 29.9. The van der Waals surface area contributed by atoms with Crippen molar-refractivity contribution in [2.75, 3.05) is 19.8 Å². The van der Waals surface area contributed by atoms with Gasteiger partial charge in [0.05, 0.1) is 35.8 Å². The highest BCUT2D eigenvalue weighted by molar-refractivity contribution is 7.15. The molecule has 3 saturated heterocycles. The zero-order valence-electron chi connectivity index (χ0n) is 14.4. The van der Waals surface area contributed by atoms with Crippen molar-refractivity contribution in [3.63, 3.8) is 0 Å². The number of halogens is 1. The van der Waals surface area contributed by atoms with Gasteiger partial charge in [0.25, 0.3) is 5.91 Å². The summed E-state index contributed by atoms with van der Waals surface area (Å²) in [5.74, 6) is -0.0254. The number of thiophene rings is 1. The Morgan fingerprint density at radius 2 is 1.96 bits per heavy atom. The molecule has 142 valence electrons. The number of carbonyl (C=O) groups excluding carboxylic acids is 1. The van der Waals surface area contributed by atoms with E-state index >= 15 is 0 Å². The molecule has 0 atom stereocenters. The van der Waals surface area contributed by atoms with Crippen LogP contribution in [0.3, 0.4) is 0 Å². The fourth-order valence-corrected chi connectivity index (χ4v) is 5.09. The van der Waals surface area contributed by atoms with E-state index in [-0.39, 0.29) is 18.3 Å². The summed E-state index contributed by atoms with van der Waals surface area (Å²) in [6.07, 6.45) is 1.19. The summed E-state index contributed by atoms with van der Waals surface area (Å²) in [5, 5.41) is 13.3. The summed E-state index contributed by atoms with van der Waals surface area (Å²) in [6.45, 7) is 0.803. The Morgan fingerprint density at radius 3 is 2.59 bits per heavy atom. The number of nitrogens with one attached hydrogen (secondary N) is 1. The van der Waals surface area contributed by atoms with Crippen molar-refractivity contribution in [2.24, 2.45) is 0 Å². The predicted molar refractivity (Wildman–Crippen MR) is 94.7 cm³/mol. The summed E-state index contributed by atoms with van der Waals surface area (Å²) in [6, 6.07) is 9.12. The minimum atomic E-state index is -0.552. The molecule has 2 bridgehead atoms. The van der Waals surface area contributed by atoms with Crippen LogP contribution in [0.1, 0.15) is 22.5 Å². The molecule has 6 rings (SSSR count). The first-order chi connectivity index (χ1) is 13.0. The van der Waals surface area contributed by atoms with E-state index in [1.807, 2.05) is 0 Å². The highest BCUT2D eigenvalue weighted by atomic mass is 32.1. The Kier molecular flexibility index (Phi) is 3.64. The van der Waals surface area contributed by atoms with Crippen molar-refractivity contribution in [2.45, 2.75) is 29.6 Å². The van der Waals surface area contributed by atoms with Gasteiger partial charge < -0.3 is 24.6 Å². The molecule has 1 amide bonds. The quantitative estimate of drug-likeness (QED) is 0.819. The minimum absolute atomic E-state index is 0.0545. The van der Waals surface area contributed by atoms with Crippen LogP contribution in [0.15, 0.2) is 36.4 Å². The van der Waals surface area contributed by atoms with E-state index in [2.05, 4.69) is 5.32 Å². The molecule has 1 spiro atoms. The first-order valence-electron chi connectivity index (χ1n) is 8.72. The van der Waals surface area contributed by atoms with Gasteiger partial charge in [0.1, 0.15) is 17.2 Å². The number of hydrogen-bond acceptors (Lipinski definition) is 6. The van der Waals surface area contributed by atoms with Gasteiger partial charge in [0.15, 0.2) is 5.06 Å². The van der Waals surface area contributed by atoms with Gasteiger partial charge in [0.2, 0.25) is 0 Å². The molecule has 1 aliphatic carbocycles. The van der Waals surface area contributed by atoms with E-state index in [9.17, 15) is 14.3 Å². The van der Waals surface area contributed by atoms with Crippen molar-refractivity contribution in [3.8, 4) is 10.8 Å². The van der Waals surface area contributed by atoms with Crippen LogP contribution in [0.4, 0.5) is 4.39 Å². The third kappa shape index (κ3) is 2.51. The van der Waals surface area contributed by atoms with Crippen molar-refractivity contribution in [3.05, 3.63) is 47.1 Å². The van der Waals surface area contributed by atoms with Crippen LogP contribution in [0, 0.1) is 5.82 Å². The van der Waals surface area contributed by atoms with Gasteiger partial charge in [0, 0.05) is 12.8 Å². The largest absolute Gasteiger partial charge is 0.447 e. The molecule has 0 radical (unpaired) electrons. The monoisotopic (exact) mass is 391 g/mol. The maximum absolute atomic E-state index is 13.0. The molecule has 1 aromatic carbocycles. The Labute approximate surface area is 158 Å². The molecule has 2 aromatic rings. The van der Waals surface area contributed by atoms with Crippen molar-refractivity contribution in [1.29, 1.82) is 0 Å². The van der Waals surface area contributed by atoms with Gasteiger partial charge in [-0.2, -0.15) is 0 Å². The van der Waals surface area contributed by atoms with Gasteiger partial charge in [-0.1, -0.05) is 11.3 Å². The highest BCUT2D eigenvalue weighted by Crippen LogP contribution is 2.62. The lowest BCUT2D eigenvalue weighted by molar-refractivity contribution is -0.211. The van der Waals surface area contributed by atoms with Gasteiger partial charge in [-0.15, -0.1) is 0 Å². The van der Waals surface area contributed by atoms with Crippen molar-refractivity contribution in [1.82, 2.24) is 5.32 Å². The lowest BCUT2D eigenvalue weighted by Gasteiger charge is -2.50. The molecule has 4 aliphatic rings. The summed E-state index contributed by atoms with van der Waals surface area (Å²) in [5.41, 5.74) is -1.58. The number of benzene rings is 1. The SMILES string of the molecule is O=C(NC12CC(CO)(C1)OC21COC1)c1ccc(Oc2ccc(F)cc2)s1. The van der Waals surface area contributed by atoms with E-state index in [4.69, 9.17) is 14.2 Å². The molecular weight excluding hydrogens is 373 g/mol. The molecule has 0 unspecified atom stereocenters. The van der Waals surface area contributed by atoms with E-state index < -0.39 is 16.7 Å². The number of rotatable bonds is 5. The standard InChI is InChI=1S/C19H18FNO5S/c20-12-1-3-13(4-2-12)25-15-6-5-14(27-15)16(23)21-18-7-17(8-18,9-22)26-19(18)10-24-11-19/h1-6,22H,7-11H2,(H,21,23). The zero-order chi connectivity index (χ0) is 18.7. The summed E-state index contributed by atoms with van der Waals surface area (Å²) in [7, 11) is 0. The van der Waals surface area contributed by atoms with Gasteiger partial charge in [-0.25, -0.2) is 4.39 Å². The Balaban J connectivity index is 1.30. The molecular formula is C19H18FNO5S. The molecule has 6 nitrogen and oxygen atoms in total. The average molecular weight is 391 g/mol. The number of hydrogen-bond donors (Lipinski definition) is 2. The summed E-state index contributed by atoms with van der Waals surface area (Å²) < 4.78 is 30.1. The fourth-order valence-electron chi connectivity index (χ4n) is 4.32. The first kappa shape index (κ1) is 17.1. The van der Waals surface area contributed by atoms with Crippen LogP contribution in [0.5, 0.6) is 10.8 Å². The molecule has 27 heavy (non-hydrogen) atoms. The van der Waals surface area contributed by atoms with Crippen molar-refractivity contribution >= 4 is 17.2 Å². The third-order valence-electron chi connectivity index (χ3n) is 5.68. The second-order valence-corrected chi connectivity index (χ2v) is 8.54. The van der Waals surface area contributed by atoms with Crippen LogP contribution in [0.25, 0.3) is 0 Å². The highest BCUT2D eigenvalue weighted by Gasteiger charge is 2.77. The Bertz CT molecular complexity index is 886. The Hall–Kier alpha value is -2.00. The van der Waals surface area contributed by atoms with E-state index in [1.165, 1.54) is 35.6 Å². The van der Waals surface area contributed by atoms with Crippen LogP contribution in [0.2, 0.25) is 0 Å². The summed E-state index contributed by atoms with van der Waals surface area (Å²) in [4.78, 5) is 13.3. The van der Waals surface area contributed by atoms with Crippen molar-refractivity contribution < 1.29 is 28.5 Å². The Morgan fingerprint density at radius 1 is 1.22 bits per heavy atom. The summed E-state index contributed by atoms with van der Waals surface area (Å²) >= 11 is 1.22. The second-order valence-electron chi connectivity index (χ2n) is 7.49. The van der Waals surface area contributed by atoms with Crippen LogP contribution in [-0.4, -0.2) is 47.6 Å². The van der Waals surface area contributed by atoms with Gasteiger partial charge in [-0.3, -0.25) is 4.79 Å². The predicted octanol–water partition coefficient (Wildman–Crippen LogP) is 2.47. The molecule has 4 heterocycles. The van der Waals surface area contributed by atoms with E-state index in [0.717, 1.165) is 0 Å². The van der Waals surface area contributed by atoms with E-state index in [0.29, 0.717) is 41.7 Å². The number of aliphatic hydroxyl groups is 1. The topological polar surface area (TPSA) is 77.0 Å². The lowest BCUT2D eigenvalue weighted by atomic mass is 9.61. The number of carbonyl (C=O) groups is 1. The minimum Gasteiger partial charge on any atom is -0.447 e. The molecule has 3 aliphatic heterocycles. The van der Waals surface area contributed by atoms with Crippen LogP contribution in [-0.2, 0) is 9.47 Å². The molecule has 2 N–H and O–H groups in total. The maximum Gasteiger partial charge on any atom is 0.262 e. The fraction of sp³-hybridized carbons (Fsp3) is 0.421. The lowest BCUT2D eigenvalue weighted by Crippen LogP contribution is -2.72.